The van der Waals surface area contributed by atoms with Crippen LogP contribution in [0.4, 0.5) is 0 Å². The monoisotopic (exact) mass is 180 g/mol. The van der Waals surface area contributed by atoms with Crippen LogP contribution >= 0.6 is 0 Å². The average Bonchev–Trinajstić information content (AvgIpc) is 2.04. The molecule has 1 aromatic rings. The van der Waals surface area contributed by atoms with Crippen LogP contribution in [0.5, 0.6) is 5.75 Å². The molecule has 0 fully saturated rings. The van der Waals surface area contributed by atoms with Crippen LogP contribution in [0.25, 0.3) is 0 Å². The first kappa shape index (κ1) is 9.54. The van der Waals surface area contributed by atoms with E-state index in [4.69, 9.17) is 10.8 Å². The summed E-state index contributed by atoms with van der Waals surface area (Å²) in [6.45, 7) is 0. The first-order valence-corrected chi connectivity index (χ1v) is 3.84. The second-order valence-corrected chi connectivity index (χ2v) is 2.80. The van der Waals surface area contributed by atoms with Crippen molar-refractivity contribution in [2.45, 2.75) is 12.5 Å². The summed E-state index contributed by atoms with van der Waals surface area (Å²) in [6.07, 6.45) is 0.163. The number of phenolic OH excluding ortho intramolecular Hbond substituents is 1. The maximum atomic E-state index is 10.3. The number of hydrogen-bond donors (Lipinski definition) is 2. The van der Waals surface area contributed by atoms with Gasteiger partial charge in [0.1, 0.15) is 5.75 Å². The molecule has 1 aromatic carbocycles. The highest BCUT2D eigenvalue weighted by Crippen LogP contribution is 2.11. The third kappa shape index (κ3) is 2.76. The molecule has 1 rings (SSSR count). The summed E-state index contributed by atoms with van der Waals surface area (Å²) in [5.74, 6) is -1.19. The molecule has 4 heteroatoms. The Morgan fingerprint density at radius 2 is 2.31 bits per heavy atom. The molecule has 0 aliphatic rings. The standard InChI is InChI=1S/C9H11NO3/c10-8(9(12)13)5-6-2-1-3-7(11)4-6/h1-4,8,11H,5,10H2,(H,12,13)/p-1. The number of carboxylic acid groups (broad SMARTS) is 1. The molecule has 0 aliphatic carbocycles. The first-order valence-electron chi connectivity index (χ1n) is 3.84. The fourth-order valence-corrected chi connectivity index (χ4v) is 1.02. The number of carbonyl (C=O) groups excluding carboxylic acids is 1. The average molecular weight is 180 g/mol. The zero-order chi connectivity index (χ0) is 9.84. The van der Waals surface area contributed by atoms with Gasteiger partial charge in [-0.2, -0.15) is 0 Å². The number of aromatic hydroxyl groups is 1. The molecule has 0 amide bonds. The van der Waals surface area contributed by atoms with E-state index >= 15 is 0 Å². The highest BCUT2D eigenvalue weighted by molar-refractivity contribution is 5.71. The van der Waals surface area contributed by atoms with E-state index in [1.54, 1.807) is 12.1 Å². The van der Waals surface area contributed by atoms with Gasteiger partial charge in [-0.05, 0) is 24.1 Å². The number of phenols is 1. The van der Waals surface area contributed by atoms with Gasteiger partial charge in [-0.15, -0.1) is 0 Å². The number of carboxylic acids is 1. The summed E-state index contributed by atoms with van der Waals surface area (Å²) in [5.41, 5.74) is 5.93. The Balaban J connectivity index is 2.69. The van der Waals surface area contributed by atoms with Gasteiger partial charge in [-0.1, -0.05) is 12.1 Å². The molecule has 3 N–H and O–H groups in total. The quantitative estimate of drug-likeness (QED) is 0.625. The zero-order valence-corrected chi connectivity index (χ0v) is 6.93. The number of aliphatic carboxylic acids is 1. The molecule has 0 aromatic heterocycles. The number of carbonyl (C=O) groups is 1. The maximum Gasteiger partial charge on any atom is 0.115 e. The fraction of sp³-hybridized carbons (Fsp3) is 0.222. The summed E-state index contributed by atoms with van der Waals surface area (Å²) in [5, 5.41) is 19.4. The van der Waals surface area contributed by atoms with Crippen molar-refractivity contribution >= 4 is 5.97 Å². The lowest BCUT2D eigenvalue weighted by Crippen LogP contribution is -2.43. The van der Waals surface area contributed by atoms with Crippen LogP contribution in [0.3, 0.4) is 0 Å². The van der Waals surface area contributed by atoms with E-state index in [9.17, 15) is 9.90 Å². The number of nitrogens with two attached hydrogens (primary N) is 1. The van der Waals surface area contributed by atoms with E-state index in [2.05, 4.69) is 0 Å². The lowest BCUT2D eigenvalue weighted by Gasteiger charge is -2.12. The molecule has 0 heterocycles. The minimum absolute atomic E-state index is 0.100. The summed E-state index contributed by atoms with van der Waals surface area (Å²) in [4.78, 5) is 10.3. The first-order chi connectivity index (χ1) is 6.09. The summed E-state index contributed by atoms with van der Waals surface area (Å²) in [7, 11) is 0. The van der Waals surface area contributed by atoms with Crippen LogP contribution < -0.4 is 10.8 Å². The van der Waals surface area contributed by atoms with Crippen LogP contribution in [-0.4, -0.2) is 17.1 Å². The molecule has 70 valence electrons. The number of benzene rings is 1. The molecule has 0 saturated carbocycles. The number of hydrogen-bond acceptors (Lipinski definition) is 4. The fourth-order valence-electron chi connectivity index (χ4n) is 1.02. The molecule has 0 aliphatic heterocycles. The highest BCUT2D eigenvalue weighted by Gasteiger charge is 2.04. The summed E-state index contributed by atoms with van der Waals surface area (Å²) in [6, 6.07) is 5.29. The molecule has 0 radical (unpaired) electrons. The minimum atomic E-state index is -1.29. The van der Waals surface area contributed by atoms with Crippen molar-refractivity contribution in [1.29, 1.82) is 0 Å². The Labute approximate surface area is 75.6 Å². The van der Waals surface area contributed by atoms with Crippen LogP contribution in [0, 0.1) is 0 Å². The van der Waals surface area contributed by atoms with Gasteiger partial charge >= 0.3 is 0 Å². The molecule has 0 saturated heterocycles. The van der Waals surface area contributed by atoms with Gasteiger partial charge in [0.05, 0.1) is 5.97 Å². The molecule has 1 unspecified atom stereocenters. The van der Waals surface area contributed by atoms with Crippen molar-refractivity contribution in [3.63, 3.8) is 0 Å². The largest absolute Gasteiger partial charge is 0.548 e. The normalized spacial score (nSPS) is 12.4. The van der Waals surface area contributed by atoms with E-state index in [1.165, 1.54) is 12.1 Å². The van der Waals surface area contributed by atoms with Gasteiger partial charge in [0.2, 0.25) is 0 Å². The van der Waals surface area contributed by atoms with E-state index in [0.717, 1.165) is 0 Å². The summed E-state index contributed by atoms with van der Waals surface area (Å²) >= 11 is 0. The van der Waals surface area contributed by atoms with Gasteiger partial charge in [-0.3, -0.25) is 0 Å². The predicted octanol–water partition coefficient (Wildman–Crippen LogP) is -0.988. The van der Waals surface area contributed by atoms with Crippen LogP contribution in [0.2, 0.25) is 0 Å². The van der Waals surface area contributed by atoms with Crippen molar-refractivity contribution < 1.29 is 15.0 Å². The molecule has 13 heavy (non-hydrogen) atoms. The predicted molar refractivity (Wildman–Crippen MR) is 44.8 cm³/mol. The maximum absolute atomic E-state index is 10.3. The summed E-state index contributed by atoms with van der Waals surface area (Å²) < 4.78 is 0. The van der Waals surface area contributed by atoms with Gasteiger partial charge in [0.25, 0.3) is 0 Å². The lowest BCUT2D eigenvalue weighted by molar-refractivity contribution is -0.307. The number of rotatable bonds is 3. The van der Waals surface area contributed by atoms with Gasteiger partial charge in [-0.25, -0.2) is 0 Å². The molecule has 1 atom stereocenters. The molecular formula is C9H10NO3-. The Bertz CT molecular complexity index is 311. The van der Waals surface area contributed by atoms with Crippen molar-refractivity contribution in [3.05, 3.63) is 29.8 Å². The van der Waals surface area contributed by atoms with Gasteiger partial charge in [0, 0.05) is 6.04 Å². The molecular weight excluding hydrogens is 170 g/mol. The Morgan fingerprint density at radius 1 is 1.62 bits per heavy atom. The van der Waals surface area contributed by atoms with Crippen molar-refractivity contribution in [2.24, 2.45) is 5.73 Å². The second kappa shape index (κ2) is 3.91. The zero-order valence-electron chi connectivity index (χ0n) is 6.93. The smallest absolute Gasteiger partial charge is 0.115 e. The Kier molecular flexibility index (Phi) is 2.87. The van der Waals surface area contributed by atoms with Crippen LogP contribution in [0.1, 0.15) is 5.56 Å². The van der Waals surface area contributed by atoms with E-state index < -0.39 is 12.0 Å². The molecule has 4 nitrogen and oxygen atoms in total. The van der Waals surface area contributed by atoms with Crippen LogP contribution in [-0.2, 0) is 11.2 Å². The van der Waals surface area contributed by atoms with Gasteiger partial charge < -0.3 is 20.7 Å². The van der Waals surface area contributed by atoms with Crippen LogP contribution in [0.15, 0.2) is 24.3 Å². The van der Waals surface area contributed by atoms with E-state index in [1.807, 2.05) is 0 Å². The Hall–Kier alpha value is -1.55. The van der Waals surface area contributed by atoms with Crippen molar-refractivity contribution in [1.82, 2.24) is 0 Å². The highest BCUT2D eigenvalue weighted by atomic mass is 16.4. The lowest BCUT2D eigenvalue weighted by atomic mass is 10.1. The third-order valence-electron chi connectivity index (χ3n) is 1.67. The SMILES string of the molecule is NC(Cc1cccc(O)c1)C(=O)[O-]. The molecule has 0 bridgehead atoms. The molecule has 0 spiro atoms. The third-order valence-corrected chi connectivity index (χ3v) is 1.67. The van der Waals surface area contributed by atoms with E-state index in [0.29, 0.717) is 5.56 Å². The van der Waals surface area contributed by atoms with Gasteiger partial charge in [0.15, 0.2) is 0 Å². The topological polar surface area (TPSA) is 86.4 Å². The van der Waals surface area contributed by atoms with Crippen molar-refractivity contribution in [3.8, 4) is 5.75 Å². The van der Waals surface area contributed by atoms with E-state index in [-0.39, 0.29) is 12.2 Å². The van der Waals surface area contributed by atoms with Crippen molar-refractivity contribution in [2.75, 3.05) is 0 Å². The minimum Gasteiger partial charge on any atom is -0.548 e. The second-order valence-electron chi connectivity index (χ2n) is 2.80. The Morgan fingerprint density at radius 3 is 2.85 bits per heavy atom.